The normalized spacial score (nSPS) is 12.7. The van der Waals surface area contributed by atoms with Gasteiger partial charge in [-0.2, -0.15) is 30.2 Å². The quantitative estimate of drug-likeness (QED) is 0.105. The van der Waals surface area contributed by atoms with E-state index in [1.165, 1.54) is 18.2 Å². The van der Waals surface area contributed by atoms with Crippen LogP contribution in [0.5, 0.6) is 5.75 Å². The molecule has 1 heterocycles. The number of rotatable bonds is 8. The second kappa shape index (κ2) is 11.7. The van der Waals surface area contributed by atoms with Crippen LogP contribution in [-0.2, 0) is 36.9 Å². The van der Waals surface area contributed by atoms with Gasteiger partial charge in [0.05, 0.1) is 6.54 Å². The van der Waals surface area contributed by atoms with Gasteiger partial charge in [-0.05, 0) is 65.0 Å². The lowest BCUT2D eigenvalue weighted by Gasteiger charge is -2.12. The summed E-state index contributed by atoms with van der Waals surface area (Å²) >= 11 is 11.5. The highest BCUT2D eigenvalue weighted by atomic mass is 35.5. The average Bonchev–Trinajstić information content (AvgIpc) is 2.92. The van der Waals surface area contributed by atoms with Crippen molar-refractivity contribution in [3.8, 4) is 5.75 Å². The fraction of sp³-hybridized carbons (Fsp3) is 0.0417. The van der Waals surface area contributed by atoms with Crippen LogP contribution in [-0.4, -0.2) is 59.0 Å². The highest BCUT2D eigenvalue weighted by Crippen LogP contribution is 2.43. The number of nitrogens with zero attached hydrogens (tertiary/aromatic N) is 5. The molecule has 0 unspecified atom stereocenters. The number of anilines is 1. The minimum atomic E-state index is -5.14. The molecule has 0 amide bonds. The predicted octanol–water partition coefficient (Wildman–Crippen LogP) is 4.96. The summed E-state index contributed by atoms with van der Waals surface area (Å²) in [5.74, 6) is -0.584. The Labute approximate surface area is 263 Å². The first-order chi connectivity index (χ1) is 20.9. The number of fused-ring (bicyclic) bond motifs is 2. The fourth-order valence-corrected chi connectivity index (χ4v) is 6.94. The molecule has 0 aliphatic carbocycles. The number of benzene rings is 4. The van der Waals surface area contributed by atoms with Gasteiger partial charge in [0.15, 0.2) is 11.6 Å². The molecule has 0 aliphatic heterocycles. The zero-order valence-electron chi connectivity index (χ0n) is 21.9. The van der Waals surface area contributed by atoms with Crippen molar-refractivity contribution in [2.75, 3.05) is 5.32 Å². The molecule has 0 saturated heterocycles. The molecule has 1 aromatic heterocycles. The van der Waals surface area contributed by atoms with E-state index in [0.29, 0.717) is 5.69 Å². The van der Waals surface area contributed by atoms with Crippen molar-refractivity contribution in [1.29, 1.82) is 0 Å². The number of aromatic hydroxyl groups is 1. The average molecular weight is 716 g/mol. The summed E-state index contributed by atoms with van der Waals surface area (Å²) in [7, 11) is -15.0. The molecule has 0 spiro atoms. The summed E-state index contributed by atoms with van der Waals surface area (Å²) in [5, 5.41) is 20.6. The molecular weight excluding hydrogens is 699 g/mol. The molecule has 0 bridgehead atoms. The second-order valence-corrected chi connectivity index (χ2v) is 13.9. The van der Waals surface area contributed by atoms with E-state index in [4.69, 9.17) is 23.2 Å². The van der Waals surface area contributed by atoms with E-state index in [1.807, 2.05) is 0 Å². The summed E-state index contributed by atoms with van der Waals surface area (Å²) in [6, 6.07) is 10.5. The van der Waals surface area contributed by atoms with Gasteiger partial charge in [-0.3, -0.25) is 13.7 Å². The van der Waals surface area contributed by atoms with Crippen LogP contribution in [0.1, 0.15) is 5.82 Å². The van der Waals surface area contributed by atoms with E-state index in [1.54, 1.807) is 0 Å². The lowest BCUT2D eigenvalue weighted by atomic mass is 10.1. The Morgan fingerprint density at radius 3 is 1.98 bits per heavy atom. The van der Waals surface area contributed by atoms with Crippen LogP contribution in [0.25, 0.3) is 21.5 Å². The molecule has 234 valence electrons. The Hall–Kier alpha value is -4.08. The maximum Gasteiger partial charge on any atom is 0.297 e. The molecule has 21 heteroatoms. The van der Waals surface area contributed by atoms with Crippen molar-refractivity contribution in [2.24, 2.45) is 10.2 Å². The van der Waals surface area contributed by atoms with Gasteiger partial charge >= 0.3 is 0 Å². The molecule has 16 nitrogen and oxygen atoms in total. The highest BCUT2D eigenvalue weighted by molar-refractivity contribution is 7.86. The van der Waals surface area contributed by atoms with Crippen LogP contribution in [0.4, 0.5) is 17.1 Å². The summed E-state index contributed by atoms with van der Waals surface area (Å²) < 4.78 is 102. The fourth-order valence-electron chi connectivity index (χ4n) is 4.35. The largest absolute Gasteiger partial charge is 0.505 e. The first-order valence-corrected chi connectivity index (χ1v) is 17.0. The Balaban J connectivity index is 1.62. The van der Waals surface area contributed by atoms with E-state index >= 15 is 0 Å². The third kappa shape index (κ3) is 6.79. The third-order valence-corrected chi connectivity index (χ3v) is 9.21. The standard InChI is InChI=1S/C24H16Cl2N6O10S3/c25-23-28-19(29-24(26)30-23)10-27-12-4-5-13-11(8-12)9-18(44(37,38)39)20(21(13)33)32-31-16-7-6-14-15(22(16)45(40,41)42)2-1-3-17(14)43(34,35)36/h1-9,27,33H,10H2,(H,34,35,36)(H,37,38,39)(H,40,41,42)/b32-31+. The Morgan fingerprint density at radius 2 is 1.36 bits per heavy atom. The number of nitrogens with one attached hydrogen (secondary N) is 1. The van der Waals surface area contributed by atoms with Crippen molar-refractivity contribution in [2.45, 2.75) is 21.2 Å². The van der Waals surface area contributed by atoms with Gasteiger partial charge in [0.1, 0.15) is 26.1 Å². The van der Waals surface area contributed by atoms with Gasteiger partial charge in [-0.25, -0.2) is 9.97 Å². The lowest BCUT2D eigenvalue weighted by Crippen LogP contribution is -2.06. The zero-order chi connectivity index (χ0) is 32.9. The Bertz CT molecular complexity index is 2390. The second-order valence-electron chi connectivity index (χ2n) is 9.04. The molecule has 5 rings (SSSR count). The SMILES string of the molecule is O=S(=O)(O)c1cc2cc(NCc3nc(Cl)nc(Cl)n3)ccc2c(O)c1/N=N/c1ccc2c(S(=O)(=O)O)cccc2c1S(=O)(=O)O. The minimum Gasteiger partial charge on any atom is -0.505 e. The molecule has 45 heavy (non-hydrogen) atoms. The zero-order valence-corrected chi connectivity index (χ0v) is 25.8. The Kier molecular flexibility index (Phi) is 8.40. The molecule has 5 N–H and O–H groups in total. The van der Waals surface area contributed by atoms with Crippen molar-refractivity contribution >= 4 is 92.2 Å². The molecule has 0 aliphatic rings. The monoisotopic (exact) mass is 714 g/mol. The van der Waals surface area contributed by atoms with E-state index in [-0.39, 0.29) is 44.5 Å². The number of halogens is 2. The molecule has 0 fully saturated rings. The van der Waals surface area contributed by atoms with E-state index in [2.05, 4.69) is 30.5 Å². The van der Waals surface area contributed by atoms with E-state index < -0.39 is 62.2 Å². The minimum absolute atomic E-state index is 0.0183. The molecule has 0 radical (unpaired) electrons. The van der Waals surface area contributed by atoms with Gasteiger partial charge < -0.3 is 10.4 Å². The molecule has 4 aromatic carbocycles. The highest BCUT2D eigenvalue weighted by Gasteiger charge is 2.25. The lowest BCUT2D eigenvalue weighted by molar-refractivity contribution is 0.472. The van der Waals surface area contributed by atoms with Crippen LogP contribution in [0.2, 0.25) is 10.6 Å². The van der Waals surface area contributed by atoms with E-state index in [9.17, 15) is 44.0 Å². The topological polar surface area (TPSA) is 259 Å². The molecule has 5 aromatic rings. The summed E-state index contributed by atoms with van der Waals surface area (Å²) in [4.78, 5) is 8.96. The van der Waals surface area contributed by atoms with Crippen LogP contribution < -0.4 is 5.32 Å². The summed E-state index contributed by atoms with van der Waals surface area (Å²) in [6.45, 7) is 0.0183. The number of hydrogen-bond donors (Lipinski definition) is 5. The van der Waals surface area contributed by atoms with Gasteiger partial charge in [-0.1, -0.05) is 18.2 Å². The smallest absolute Gasteiger partial charge is 0.297 e. The molecule has 0 atom stereocenters. The number of aromatic nitrogens is 3. The van der Waals surface area contributed by atoms with Crippen LogP contribution >= 0.6 is 23.2 Å². The maximum atomic E-state index is 12.3. The first kappa shape index (κ1) is 32.3. The third-order valence-electron chi connectivity index (χ3n) is 6.15. The van der Waals surface area contributed by atoms with Gasteiger partial charge in [-0.15, -0.1) is 10.2 Å². The van der Waals surface area contributed by atoms with Gasteiger partial charge in [0.25, 0.3) is 30.4 Å². The summed E-state index contributed by atoms with van der Waals surface area (Å²) in [6.07, 6.45) is 0. The molecular formula is C24H16Cl2N6O10S3. The van der Waals surface area contributed by atoms with Crippen molar-refractivity contribution in [3.05, 3.63) is 71.0 Å². The maximum absolute atomic E-state index is 12.3. The van der Waals surface area contributed by atoms with Crippen molar-refractivity contribution < 1.29 is 44.0 Å². The van der Waals surface area contributed by atoms with Crippen molar-refractivity contribution in [1.82, 2.24) is 15.0 Å². The summed E-state index contributed by atoms with van der Waals surface area (Å²) in [5.41, 5.74) is -0.993. The van der Waals surface area contributed by atoms with Crippen LogP contribution in [0.15, 0.2) is 79.5 Å². The number of phenols is 1. The predicted molar refractivity (Wildman–Crippen MR) is 160 cm³/mol. The van der Waals surface area contributed by atoms with Gasteiger partial charge in [0.2, 0.25) is 10.6 Å². The number of hydrogen-bond acceptors (Lipinski definition) is 13. The van der Waals surface area contributed by atoms with Crippen LogP contribution in [0, 0.1) is 0 Å². The van der Waals surface area contributed by atoms with Gasteiger partial charge in [0, 0.05) is 21.8 Å². The first-order valence-electron chi connectivity index (χ1n) is 11.9. The van der Waals surface area contributed by atoms with Crippen molar-refractivity contribution in [3.63, 3.8) is 0 Å². The number of azo groups is 1. The van der Waals surface area contributed by atoms with E-state index in [0.717, 1.165) is 36.4 Å². The number of phenolic OH excluding ortho intramolecular Hbond substituents is 1. The van der Waals surface area contributed by atoms with Crippen LogP contribution in [0.3, 0.4) is 0 Å². The Morgan fingerprint density at radius 1 is 0.711 bits per heavy atom. The molecule has 0 saturated carbocycles.